The number of ether oxygens (including phenoxy) is 1. The lowest BCUT2D eigenvalue weighted by Gasteiger charge is -2.34. The SMILES string of the molecule is Cc1cc([C@H](N)[C@H](O)C2CCC2)cc(C)c1OCc1ccccc1. The molecule has 0 aliphatic heterocycles. The zero-order chi connectivity index (χ0) is 17.1. The Morgan fingerprint density at radius 3 is 2.29 bits per heavy atom. The van der Waals surface area contributed by atoms with Crippen molar-refractivity contribution in [1.82, 2.24) is 0 Å². The van der Waals surface area contributed by atoms with Crippen molar-refractivity contribution in [2.24, 2.45) is 11.7 Å². The zero-order valence-corrected chi connectivity index (χ0v) is 14.5. The lowest BCUT2D eigenvalue weighted by Crippen LogP contribution is -2.36. The van der Waals surface area contributed by atoms with Crippen LogP contribution in [0.15, 0.2) is 42.5 Å². The lowest BCUT2D eigenvalue weighted by atomic mass is 9.77. The molecule has 0 bridgehead atoms. The lowest BCUT2D eigenvalue weighted by molar-refractivity contribution is 0.0413. The molecule has 1 fully saturated rings. The summed E-state index contributed by atoms with van der Waals surface area (Å²) in [6, 6.07) is 13.9. The molecule has 3 nitrogen and oxygen atoms in total. The topological polar surface area (TPSA) is 55.5 Å². The van der Waals surface area contributed by atoms with Crippen LogP contribution in [0.3, 0.4) is 0 Å². The van der Waals surface area contributed by atoms with Crippen LogP contribution in [0.4, 0.5) is 0 Å². The van der Waals surface area contributed by atoms with Gasteiger partial charge in [0.1, 0.15) is 12.4 Å². The van der Waals surface area contributed by atoms with Crippen LogP contribution in [0.2, 0.25) is 0 Å². The van der Waals surface area contributed by atoms with Crippen molar-refractivity contribution in [2.45, 2.75) is 51.9 Å². The molecule has 0 spiro atoms. The Hall–Kier alpha value is -1.84. The number of nitrogens with two attached hydrogens (primary N) is 1. The van der Waals surface area contributed by atoms with Crippen LogP contribution in [0.1, 0.15) is 47.6 Å². The van der Waals surface area contributed by atoms with Crippen LogP contribution in [0.25, 0.3) is 0 Å². The van der Waals surface area contributed by atoms with Gasteiger partial charge in [-0.2, -0.15) is 0 Å². The molecule has 128 valence electrons. The van der Waals surface area contributed by atoms with Gasteiger partial charge in [0.05, 0.1) is 12.1 Å². The van der Waals surface area contributed by atoms with Gasteiger partial charge in [-0.05, 0) is 54.9 Å². The van der Waals surface area contributed by atoms with E-state index in [1.807, 2.05) is 32.0 Å². The Labute approximate surface area is 144 Å². The van der Waals surface area contributed by atoms with Crippen LogP contribution in [-0.4, -0.2) is 11.2 Å². The molecule has 3 heteroatoms. The molecule has 1 aliphatic carbocycles. The Bertz CT molecular complexity index is 656. The average molecular weight is 325 g/mol. The number of aliphatic hydroxyl groups excluding tert-OH is 1. The van der Waals surface area contributed by atoms with Gasteiger partial charge in [0.25, 0.3) is 0 Å². The quantitative estimate of drug-likeness (QED) is 0.842. The Kier molecular flexibility index (Phi) is 5.22. The molecular formula is C21H27NO2. The predicted molar refractivity (Wildman–Crippen MR) is 97.0 cm³/mol. The number of rotatable bonds is 6. The summed E-state index contributed by atoms with van der Waals surface area (Å²) >= 11 is 0. The van der Waals surface area contributed by atoms with E-state index in [1.165, 1.54) is 6.42 Å². The van der Waals surface area contributed by atoms with E-state index in [0.29, 0.717) is 12.5 Å². The van der Waals surface area contributed by atoms with Crippen LogP contribution >= 0.6 is 0 Å². The van der Waals surface area contributed by atoms with Crippen LogP contribution in [0.5, 0.6) is 5.75 Å². The van der Waals surface area contributed by atoms with Gasteiger partial charge in [-0.1, -0.05) is 48.9 Å². The van der Waals surface area contributed by atoms with Crippen molar-refractivity contribution in [3.63, 3.8) is 0 Å². The first kappa shape index (κ1) is 17.0. The molecule has 3 N–H and O–H groups in total. The molecule has 2 atom stereocenters. The number of hydrogen-bond acceptors (Lipinski definition) is 3. The van der Waals surface area contributed by atoms with E-state index in [2.05, 4.69) is 24.3 Å². The maximum atomic E-state index is 10.4. The minimum Gasteiger partial charge on any atom is -0.488 e. The molecule has 1 saturated carbocycles. The maximum Gasteiger partial charge on any atom is 0.125 e. The van der Waals surface area contributed by atoms with Crippen LogP contribution < -0.4 is 10.5 Å². The highest BCUT2D eigenvalue weighted by molar-refractivity contribution is 5.44. The van der Waals surface area contributed by atoms with Gasteiger partial charge in [0, 0.05) is 0 Å². The molecule has 0 unspecified atom stereocenters. The highest BCUT2D eigenvalue weighted by Crippen LogP contribution is 2.36. The van der Waals surface area contributed by atoms with Gasteiger partial charge in [-0.15, -0.1) is 0 Å². The predicted octanol–water partition coefficient (Wildman–Crippen LogP) is 4.04. The van der Waals surface area contributed by atoms with E-state index < -0.39 is 6.10 Å². The van der Waals surface area contributed by atoms with Gasteiger partial charge in [-0.25, -0.2) is 0 Å². The van der Waals surface area contributed by atoms with Crippen molar-refractivity contribution in [3.8, 4) is 5.75 Å². The van der Waals surface area contributed by atoms with E-state index in [1.54, 1.807) is 0 Å². The molecule has 24 heavy (non-hydrogen) atoms. The van der Waals surface area contributed by atoms with Gasteiger partial charge in [0.2, 0.25) is 0 Å². The summed E-state index contributed by atoms with van der Waals surface area (Å²) in [6.45, 7) is 4.64. The number of hydrogen-bond donors (Lipinski definition) is 2. The Morgan fingerprint density at radius 2 is 1.75 bits per heavy atom. The maximum absolute atomic E-state index is 10.4. The molecule has 0 heterocycles. The van der Waals surface area contributed by atoms with Crippen molar-refractivity contribution in [1.29, 1.82) is 0 Å². The Balaban J connectivity index is 1.73. The fraction of sp³-hybridized carbons (Fsp3) is 0.429. The Morgan fingerprint density at radius 1 is 1.12 bits per heavy atom. The largest absolute Gasteiger partial charge is 0.488 e. The van der Waals surface area contributed by atoms with Gasteiger partial charge < -0.3 is 15.6 Å². The molecule has 0 amide bonds. The second-order valence-electron chi connectivity index (χ2n) is 6.97. The summed E-state index contributed by atoms with van der Waals surface area (Å²) in [5.74, 6) is 1.27. The summed E-state index contributed by atoms with van der Waals surface area (Å²) < 4.78 is 6.03. The second-order valence-corrected chi connectivity index (χ2v) is 6.97. The molecule has 0 saturated heterocycles. The number of benzene rings is 2. The van der Waals surface area contributed by atoms with Gasteiger partial charge in [0.15, 0.2) is 0 Å². The molecule has 1 aliphatic rings. The second kappa shape index (κ2) is 7.37. The van der Waals surface area contributed by atoms with Gasteiger partial charge >= 0.3 is 0 Å². The smallest absolute Gasteiger partial charge is 0.125 e. The van der Waals surface area contributed by atoms with Crippen molar-refractivity contribution in [2.75, 3.05) is 0 Å². The van der Waals surface area contributed by atoms with E-state index in [9.17, 15) is 5.11 Å². The van der Waals surface area contributed by atoms with E-state index in [-0.39, 0.29) is 6.04 Å². The van der Waals surface area contributed by atoms with Crippen molar-refractivity contribution in [3.05, 3.63) is 64.7 Å². The molecule has 0 aromatic heterocycles. The number of aliphatic hydroxyl groups is 1. The summed E-state index contributed by atoms with van der Waals surface area (Å²) in [5, 5.41) is 10.4. The van der Waals surface area contributed by atoms with E-state index >= 15 is 0 Å². The first-order valence-electron chi connectivity index (χ1n) is 8.78. The van der Waals surface area contributed by atoms with Crippen LogP contribution in [-0.2, 0) is 6.61 Å². The van der Waals surface area contributed by atoms with Gasteiger partial charge in [-0.3, -0.25) is 0 Å². The van der Waals surface area contributed by atoms with Crippen LogP contribution in [0, 0.1) is 19.8 Å². The molecule has 0 radical (unpaired) electrons. The fourth-order valence-electron chi connectivity index (χ4n) is 3.41. The molecular weight excluding hydrogens is 298 g/mol. The standard InChI is InChI=1S/C21H27NO2/c1-14-11-18(19(22)20(23)17-9-6-10-17)12-15(2)21(14)24-13-16-7-4-3-5-8-16/h3-5,7-8,11-12,17,19-20,23H,6,9-10,13,22H2,1-2H3/t19-,20+/m0/s1. The summed E-state index contributed by atoms with van der Waals surface area (Å²) in [6.07, 6.45) is 2.93. The normalized spacial score (nSPS) is 17.2. The third-order valence-electron chi connectivity index (χ3n) is 5.09. The highest BCUT2D eigenvalue weighted by Gasteiger charge is 2.31. The third kappa shape index (κ3) is 3.63. The summed E-state index contributed by atoms with van der Waals surface area (Å²) in [4.78, 5) is 0. The summed E-state index contributed by atoms with van der Waals surface area (Å²) in [7, 11) is 0. The fourth-order valence-corrected chi connectivity index (χ4v) is 3.41. The van der Waals surface area contributed by atoms with Crippen molar-refractivity contribution >= 4 is 0 Å². The monoisotopic (exact) mass is 325 g/mol. The van der Waals surface area contributed by atoms with Crippen molar-refractivity contribution < 1.29 is 9.84 Å². The molecule has 2 aromatic rings. The number of aryl methyl sites for hydroxylation is 2. The first-order chi connectivity index (χ1) is 11.6. The minimum atomic E-state index is -0.450. The van der Waals surface area contributed by atoms with E-state index in [4.69, 9.17) is 10.5 Å². The molecule has 3 rings (SSSR count). The minimum absolute atomic E-state index is 0.323. The molecule has 2 aromatic carbocycles. The zero-order valence-electron chi connectivity index (χ0n) is 14.5. The average Bonchev–Trinajstić information content (AvgIpc) is 2.52. The van der Waals surface area contributed by atoms with E-state index in [0.717, 1.165) is 40.8 Å². The third-order valence-corrected chi connectivity index (χ3v) is 5.09. The summed E-state index contributed by atoms with van der Waals surface area (Å²) in [5.41, 5.74) is 10.6. The highest BCUT2D eigenvalue weighted by atomic mass is 16.5. The first-order valence-corrected chi connectivity index (χ1v) is 8.78.